The van der Waals surface area contributed by atoms with Gasteiger partial charge >= 0.3 is 0 Å². The summed E-state index contributed by atoms with van der Waals surface area (Å²) < 4.78 is 1.77. The van der Waals surface area contributed by atoms with Crippen LogP contribution in [0.15, 0.2) is 66.9 Å². The predicted molar refractivity (Wildman–Crippen MR) is 151 cm³/mol. The number of fused-ring (bicyclic) bond motifs is 1. The van der Waals surface area contributed by atoms with E-state index in [2.05, 4.69) is 20.6 Å². The molecule has 0 atom stereocenters. The molecule has 2 aromatic carbocycles. The van der Waals surface area contributed by atoms with Gasteiger partial charge < -0.3 is 25.5 Å². The molecule has 3 aliphatic heterocycles. The topological polar surface area (TPSA) is 98.0 Å². The molecule has 3 aliphatic rings. The molecule has 1 spiro atoms. The number of amides is 1. The van der Waals surface area contributed by atoms with Gasteiger partial charge in [-0.05, 0) is 66.9 Å². The number of likely N-dealkylation sites (tertiary alicyclic amines) is 1. The lowest BCUT2D eigenvalue weighted by Crippen LogP contribution is -2.71. The summed E-state index contributed by atoms with van der Waals surface area (Å²) in [6, 6.07) is 19.0. The summed E-state index contributed by atoms with van der Waals surface area (Å²) in [5, 5.41) is 23.1. The Labute approximate surface area is 231 Å². The third kappa shape index (κ3) is 4.40. The van der Waals surface area contributed by atoms with E-state index in [0.717, 1.165) is 48.8 Å². The van der Waals surface area contributed by atoms with Gasteiger partial charge in [0.25, 0.3) is 5.91 Å². The van der Waals surface area contributed by atoms with E-state index in [1.54, 1.807) is 4.52 Å². The Balaban J connectivity index is 1.03. The van der Waals surface area contributed by atoms with Crippen LogP contribution in [-0.4, -0.2) is 69.8 Å². The lowest BCUT2D eigenvalue weighted by molar-refractivity contribution is -0.0248. The van der Waals surface area contributed by atoms with Crippen LogP contribution in [0.2, 0.25) is 5.02 Å². The number of pyridine rings is 1. The van der Waals surface area contributed by atoms with Crippen molar-refractivity contribution in [2.75, 3.05) is 49.5 Å². The van der Waals surface area contributed by atoms with Crippen LogP contribution in [0.25, 0.3) is 5.65 Å². The van der Waals surface area contributed by atoms with Gasteiger partial charge in [0.1, 0.15) is 0 Å². The number of aromatic nitrogens is 3. The fraction of sp³-hybridized carbons (Fsp3) is 0.345. The van der Waals surface area contributed by atoms with Crippen molar-refractivity contribution in [3.8, 4) is 0 Å². The van der Waals surface area contributed by atoms with Crippen molar-refractivity contribution in [2.24, 2.45) is 5.41 Å². The van der Waals surface area contributed by atoms with Crippen molar-refractivity contribution in [3.63, 3.8) is 0 Å². The predicted octanol–water partition coefficient (Wildman–Crippen LogP) is 3.66. The third-order valence-electron chi connectivity index (χ3n) is 8.38. The van der Waals surface area contributed by atoms with Crippen LogP contribution in [0.4, 0.5) is 17.3 Å². The molecule has 0 aliphatic carbocycles. The van der Waals surface area contributed by atoms with Gasteiger partial charge in [0, 0.05) is 67.2 Å². The monoisotopic (exact) mass is 543 g/mol. The van der Waals surface area contributed by atoms with Gasteiger partial charge in [0.05, 0.1) is 11.3 Å². The maximum absolute atomic E-state index is 12.8. The van der Waals surface area contributed by atoms with Crippen molar-refractivity contribution in [1.82, 2.24) is 24.8 Å². The lowest BCUT2D eigenvalue weighted by atomic mass is 9.74. The van der Waals surface area contributed by atoms with Gasteiger partial charge in [-0.15, -0.1) is 5.10 Å². The van der Waals surface area contributed by atoms with E-state index >= 15 is 0 Å². The SMILES string of the molecule is O=C(c1ccc(Nc2nc3c(N4CCC(O)(c5ccc(Cl)cc5)CC4)cccn3n2)cc1)N1CC2(CNC2)C1. The zero-order chi connectivity index (χ0) is 26.6. The summed E-state index contributed by atoms with van der Waals surface area (Å²) in [7, 11) is 0. The second-order valence-electron chi connectivity index (χ2n) is 11.1. The number of halogens is 1. The molecule has 0 saturated carbocycles. The second-order valence-corrected chi connectivity index (χ2v) is 11.5. The number of carbonyl (C=O) groups is 1. The maximum atomic E-state index is 12.8. The number of aliphatic hydroxyl groups is 1. The van der Waals surface area contributed by atoms with Crippen LogP contribution in [0.5, 0.6) is 0 Å². The Morgan fingerprint density at radius 3 is 2.38 bits per heavy atom. The van der Waals surface area contributed by atoms with Crippen LogP contribution in [-0.2, 0) is 5.60 Å². The molecule has 3 fully saturated rings. The van der Waals surface area contributed by atoms with Crippen molar-refractivity contribution in [2.45, 2.75) is 18.4 Å². The van der Waals surface area contributed by atoms with Crippen molar-refractivity contribution in [3.05, 3.63) is 83.0 Å². The normalized spacial score (nSPS) is 19.5. The van der Waals surface area contributed by atoms with Crippen molar-refractivity contribution in [1.29, 1.82) is 0 Å². The molecule has 3 N–H and O–H groups in total. The van der Waals surface area contributed by atoms with E-state index in [9.17, 15) is 9.90 Å². The zero-order valence-corrected chi connectivity index (χ0v) is 22.2. The molecule has 7 rings (SSSR count). The molecule has 2 aromatic heterocycles. The van der Waals surface area contributed by atoms with Gasteiger partial charge in [-0.1, -0.05) is 23.7 Å². The van der Waals surface area contributed by atoms with Crippen molar-refractivity contribution < 1.29 is 9.90 Å². The summed E-state index contributed by atoms with van der Waals surface area (Å²) in [5.41, 5.74) is 3.58. The molecular weight excluding hydrogens is 514 g/mol. The summed E-state index contributed by atoms with van der Waals surface area (Å²) in [6.07, 6.45) is 3.09. The number of carbonyl (C=O) groups excluding carboxylic acids is 1. The number of hydrogen-bond acceptors (Lipinski definition) is 7. The highest BCUT2D eigenvalue weighted by Gasteiger charge is 2.49. The first-order valence-electron chi connectivity index (χ1n) is 13.4. The Morgan fingerprint density at radius 2 is 1.72 bits per heavy atom. The molecule has 3 saturated heterocycles. The van der Waals surface area contributed by atoms with E-state index in [0.29, 0.717) is 47.9 Å². The average Bonchev–Trinajstić information content (AvgIpc) is 3.31. The molecule has 0 bridgehead atoms. The van der Waals surface area contributed by atoms with E-state index in [1.807, 2.05) is 71.8 Å². The highest BCUT2D eigenvalue weighted by atomic mass is 35.5. The number of nitrogens with zero attached hydrogens (tertiary/aromatic N) is 5. The molecule has 1 amide bonds. The van der Waals surface area contributed by atoms with E-state index in [4.69, 9.17) is 16.6 Å². The first-order valence-corrected chi connectivity index (χ1v) is 13.7. The molecule has 200 valence electrons. The Kier molecular flexibility index (Phi) is 5.77. The summed E-state index contributed by atoms with van der Waals surface area (Å²) in [5.74, 6) is 0.567. The molecule has 4 aromatic rings. The fourth-order valence-electron chi connectivity index (χ4n) is 5.98. The Hall–Kier alpha value is -3.66. The van der Waals surface area contributed by atoms with Gasteiger partial charge in [-0.2, -0.15) is 4.98 Å². The van der Waals surface area contributed by atoms with Crippen LogP contribution < -0.4 is 15.5 Å². The van der Waals surface area contributed by atoms with Crippen LogP contribution in [0.1, 0.15) is 28.8 Å². The number of benzene rings is 2. The summed E-state index contributed by atoms with van der Waals surface area (Å²) in [6.45, 7) is 5.08. The van der Waals surface area contributed by atoms with Gasteiger partial charge in [0.15, 0.2) is 5.65 Å². The second kappa shape index (κ2) is 9.22. The number of hydrogen-bond donors (Lipinski definition) is 3. The lowest BCUT2D eigenvalue weighted by Gasteiger charge is -2.56. The molecule has 10 heteroatoms. The smallest absolute Gasteiger partial charge is 0.253 e. The van der Waals surface area contributed by atoms with Crippen LogP contribution in [0, 0.1) is 5.41 Å². The van der Waals surface area contributed by atoms with E-state index < -0.39 is 5.60 Å². The maximum Gasteiger partial charge on any atom is 0.253 e. The summed E-state index contributed by atoms with van der Waals surface area (Å²) >= 11 is 6.03. The highest BCUT2D eigenvalue weighted by Crippen LogP contribution is 2.37. The van der Waals surface area contributed by atoms with Crippen molar-refractivity contribution >= 4 is 40.5 Å². The number of rotatable bonds is 5. The summed E-state index contributed by atoms with van der Waals surface area (Å²) in [4.78, 5) is 21.7. The number of anilines is 3. The van der Waals surface area contributed by atoms with Crippen LogP contribution in [0.3, 0.4) is 0 Å². The minimum absolute atomic E-state index is 0.0825. The Morgan fingerprint density at radius 1 is 1.00 bits per heavy atom. The molecule has 5 heterocycles. The first kappa shape index (κ1) is 24.4. The van der Waals surface area contributed by atoms with Crippen LogP contribution >= 0.6 is 11.6 Å². The van der Waals surface area contributed by atoms with E-state index in [1.165, 1.54) is 0 Å². The number of nitrogens with one attached hydrogen (secondary N) is 2. The van der Waals surface area contributed by atoms with Gasteiger partial charge in [-0.3, -0.25) is 4.79 Å². The highest BCUT2D eigenvalue weighted by molar-refractivity contribution is 6.30. The minimum Gasteiger partial charge on any atom is -0.385 e. The van der Waals surface area contributed by atoms with E-state index in [-0.39, 0.29) is 5.91 Å². The molecule has 9 nitrogen and oxygen atoms in total. The quantitative estimate of drug-likeness (QED) is 0.353. The van der Waals surface area contributed by atoms with Gasteiger partial charge in [-0.25, -0.2) is 4.52 Å². The molecular formula is C29H30ClN7O2. The third-order valence-corrected chi connectivity index (χ3v) is 8.63. The average molecular weight is 544 g/mol. The standard InChI is InChI=1S/C29H30ClN7O2/c30-22-7-5-21(6-8-22)29(39)11-14-35(15-12-29)24-2-1-13-37-25(24)33-27(34-37)32-23-9-3-20(4-10-23)26(38)36-18-28(19-36)16-31-17-28/h1-10,13,31,39H,11-12,14-19H2,(H,32,34). The van der Waals surface area contributed by atoms with Gasteiger partial charge in [0.2, 0.25) is 5.95 Å². The molecule has 39 heavy (non-hydrogen) atoms. The fourth-order valence-corrected chi connectivity index (χ4v) is 6.10. The minimum atomic E-state index is -0.869. The molecule has 0 unspecified atom stereocenters. The first-order chi connectivity index (χ1) is 18.9. The number of piperidine rings is 1. The molecule has 0 radical (unpaired) electrons. The zero-order valence-electron chi connectivity index (χ0n) is 21.5. The largest absolute Gasteiger partial charge is 0.385 e. The Bertz CT molecular complexity index is 1520.